The van der Waals surface area contributed by atoms with Gasteiger partial charge in [-0.25, -0.2) is 9.80 Å². The van der Waals surface area contributed by atoms with Gasteiger partial charge >= 0.3 is 5.97 Å². The first kappa shape index (κ1) is 27.0. The minimum absolute atomic E-state index is 0.204. The molecule has 2 spiro atoms. The summed E-state index contributed by atoms with van der Waals surface area (Å²) in [6.45, 7) is 2.48. The van der Waals surface area contributed by atoms with Gasteiger partial charge in [-0.3, -0.25) is 24.0 Å². The number of nitrogens with zero attached hydrogens (tertiary/aromatic N) is 2. The minimum Gasteiger partial charge on any atom is -0.442 e. The Labute approximate surface area is 252 Å². The summed E-state index contributed by atoms with van der Waals surface area (Å²) in [6.07, 6.45) is 5.49. The molecule has 3 aliphatic rings. The molecule has 0 aromatic heterocycles. The summed E-state index contributed by atoms with van der Waals surface area (Å²) >= 11 is 0. The summed E-state index contributed by atoms with van der Waals surface area (Å²) in [5.41, 5.74) is -0.457. The monoisotopic (exact) mass is 580 g/mol. The number of rotatable bonds is 2. The number of carbonyl (C=O) groups is 5. The van der Waals surface area contributed by atoms with Gasteiger partial charge in [0, 0.05) is 25.0 Å². The van der Waals surface area contributed by atoms with E-state index in [-0.39, 0.29) is 16.9 Å². The second-order valence-electron chi connectivity index (χ2n) is 11.0. The van der Waals surface area contributed by atoms with Crippen LogP contribution in [-0.2, 0) is 39.7 Å². The van der Waals surface area contributed by atoms with Crippen molar-refractivity contribution < 1.29 is 28.7 Å². The third kappa shape index (κ3) is 3.21. The molecule has 0 N–H and O–H groups in total. The molecule has 0 aliphatic carbocycles. The summed E-state index contributed by atoms with van der Waals surface area (Å²) < 4.78 is 6.17. The molecule has 4 aromatic rings. The zero-order chi connectivity index (χ0) is 31.0. The molecule has 0 radical (unpaired) electrons. The van der Waals surface area contributed by atoms with Gasteiger partial charge in [-0.1, -0.05) is 78.7 Å². The fraction of sp³-hybridized carbons (Fsp3) is 0.139. The molecular formula is C36H24N2O6. The van der Waals surface area contributed by atoms with E-state index < -0.39 is 46.5 Å². The van der Waals surface area contributed by atoms with Gasteiger partial charge in [0.1, 0.15) is 11.3 Å². The number of para-hydroxylation sites is 2. The average molecular weight is 581 g/mol. The highest BCUT2D eigenvalue weighted by atomic mass is 16.6. The van der Waals surface area contributed by atoms with Crippen LogP contribution in [0.15, 0.2) is 97.1 Å². The first-order valence-electron chi connectivity index (χ1n) is 14.0. The van der Waals surface area contributed by atoms with Crippen molar-refractivity contribution in [2.45, 2.75) is 30.8 Å². The molecule has 44 heavy (non-hydrogen) atoms. The van der Waals surface area contributed by atoms with Crippen LogP contribution < -0.4 is 9.80 Å². The number of benzene rings is 4. The number of imide groups is 2. The normalized spacial score (nSPS) is 23.1. The Morgan fingerprint density at radius 2 is 1.20 bits per heavy atom. The maximum absolute atomic E-state index is 14.9. The Bertz CT molecular complexity index is 1990. The maximum atomic E-state index is 14.9. The lowest BCUT2D eigenvalue weighted by Gasteiger charge is -2.38. The van der Waals surface area contributed by atoms with Crippen LogP contribution in [0.5, 0.6) is 0 Å². The van der Waals surface area contributed by atoms with Crippen LogP contribution in [0, 0.1) is 12.3 Å². The maximum Gasteiger partial charge on any atom is 0.316 e. The van der Waals surface area contributed by atoms with Crippen molar-refractivity contribution in [1.29, 1.82) is 0 Å². The molecule has 8 heteroatoms. The smallest absolute Gasteiger partial charge is 0.316 e. The van der Waals surface area contributed by atoms with Crippen molar-refractivity contribution in [2.24, 2.45) is 0 Å². The van der Waals surface area contributed by atoms with Crippen LogP contribution in [0.25, 0.3) is 11.1 Å². The first-order chi connectivity index (χ1) is 21.2. The topological polar surface area (TPSA) is 101 Å². The predicted octanol–water partition coefficient (Wildman–Crippen LogP) is 4.60. The van der Waals surface area contributed by atoms with Crippen LogP contribution in [-0.4, -0.2) is 29.6 Å². The molecular weight excluding hydrogens is 556 g/mol. The van der Waals surface area contributed by atoms with E-state index in [4.69, 9.17) is 11.2 Å². The molecule has 0 saturated carbocycles. The Hall–Kier alpha value is -5.81. The fourth-order valence-corrected chi connectivity index (χ4v) is 7.16. The second kappa shape index (κ2) is 9.35. The molecule has 0 unspecified atom stereocenters. The molecule has 8 nitrogen and oxygen atoms in total. The number of anilines is 2. The lowest BCUT2D eigenvalue weighted by molar-refractivity contribution is -0.162. The van der Waals surface area contributed by atoms with Crippen LogP contribution in [0.2, 0.25) is 0 Å². The number of carbonyl (C=O) groups excluding carboxylic acids is 5. The predicted molar refractivity (Wildman–Crippen MR) is 161 cm³/mol. The molecule has 7 rings (SSSR count). The van der Waals surface area contributed by atoms with E-state index in [2.05, 4.69) is 5.92 Å². The number of esters is 1. The molecule has 3 atom stereocenters. The molecule has 1 saturated heterocycles. The highest BCUT2D eigenvalue weighted by Crippen LogP contribution is 2.67. The first-order valence-corrected chi connectivity index (χ1v) is 14.0. The van der Waals surface area contributed by atoms with Gasteiger partial charge < -0.3 is 4.74 Å². The fourth-order valence-electron chi connectivity index (χ4n) is 7.16. The minimum atomic E-state index is -2.25. The lowest BCUT2D eigenvalue weighted by atomic mass is 9.58. The number of fused-ring (bicyclic) bond motifs is 5. The highest BCUT2D eigenvalue weighted by Gasteiger charge is 2.82. The Kier molecular flexibility index (Phi) is 5.75. The zero-order valence-corrected chi connectivity index (χ0v) is 23.7. The summed E-state index contributed by atoms with van der Waals surface area (Å²) in [7, 11) is 0. The number of ether oxygens (including phenoxy) is 1. The highest BCUT2D eigenvalue weighted by molar-refractivity contribution is 6.31. The summed E-state index contributed by atoms with van der Waals surface area (Å²) in [6, 6.07) is 27.6. The Morgan fingerprint density at radius 3 is 1.77 bits per heavy atom. The van der Waals surface area contributed by atoms with Crippen molar-refractivity contribution in [3.05, 3.63) is 119 Å². The third-order valence-corrected chi connectivity index (χ3v) is 8.88. The Morgan fingerprint density at radius 1 is 0.705 bits per heavy atom. The van der Waals surface area contributed by atoms with Gasteiger partial charge in [0.15, 0.2) is 0 Å². The van der Waals surface area contributed by atoms with Crippen LogP contribution >= 0.6 is 0 Å². The molecule has 0 bridgehead atoms. The lowest BCUT2D eigenvalue weighted by Crippen LogP contribution is -2.60. The largest absolute Gasteiger partial charge is 0.442 e. The van der Waals surface area contributed by atoms with Gasteiger partial charge in [0.25, 0.3) is 11.8 Å². The summed E-state index contributed by atoms with van der Waals surface area (Å²) in [4.78, 5) is 71.6. The van der Waals surface area contributed by atoms with E-state index in [0.29, 0.717) is 11.1 Å². The van der Waals surface area contributed by atoms with Gasteiger partial charge in [0.2, 0.25) is 17.4 Å². The number of hydrogen-bond donors (Lipinski definition) is 0. The molecule has 214 valence electrons. The number of hydrogen-bond acceptors (Lipinski definition) is 6. The van der Waals surface area contributed by atoms with E-state index in [0.717, 1.165) is 26.5 Å². The van der Waals surface area contributed by atoms with E-state index in [1.165, 1.54) is 13.8 Å². The summed E-state index contributed by atoms with van der Waals surface area (Å²) in [5.74, 6) is -2.38. The van der Waals surface area contributed by atoms with E-state index in [1.54, 1.807) is 60.7 Å². The van der Waals surface area contributed by atoms with Crippen molar-refractivity contribution in [2.75, 3.05) is 9.80 Å². The zero-order valence-electron chi connectivity index (χ0n) is 23.7. The van der Waals surface area contributed by atoms with E-state index in [9.17, 15) is 24.0 Å². The SMILES string of the molecule is C#Cc1ccc(-c2ccc([C@@H]3C(=O)O[C@]4(C(=O)N(C(C)=O)c5ccccc54)[C@]34C(=O)N(C(C)=O)c3ccccc34)cc2)cc1. The van der Waals surface area contributed by atoms with Crippen LogP contribution in [0.4, 0.5) is 11.4 Å². The van der Waals surface area contributed by atoms with E-state index >= 15 is 0 Å². The second-order valence-corrected chi connectivity index (χ2v) is 11.0. The molecule has 3 heterocycles. The van der Waals surface area contributed by atoms with Crippen LogP contribution in [0.3, 0.4) is 0 Å². The van der Waals surface area contributed by atoms with Crippen molar-refractivity contribution >= 4 is 41.0 Å². The van der Waals surface area contributed by atoms with E-state index in [1.807, 2.05) is 36.4 Å². The quantitative estimate of drug-likeness (QED) is 0.254. The standard InChI is InChI=1S/C36H24N2O6/c1-4-23-13-15-24(16-14-23)25-17-19-26(20-18-25)31-32(41)44-36(28-10-6-8-12-30(28)38(22(3)40)34(36)43)35(31)27-9-5-7-11-29(27)37(21(2)39)33(35)42/h1,5-20,31H,2-3H3/t31-,35+,36-/m1/s1. The summed E-state index contributed by atoms with van der Waals surface area (Å²) in [5, 5.41) is 0. The van der Waals surface area contributed by atoms with Gasteiger partial charge in [-0.05, 0) is 46.5 Å². The molecule has 4 amide bonds. The van der Waals surface area contributed by atoms with Crippen molar-refractivity contribution in [1.82, 2.24) is 0 Å². The molecule has 4 aromatic carbocycles. The number of amides is 4. The van der Waals surface area contributed by atoms with Crippen molar-refractivity contribution in [3.8, 4) is 23.5 Å². The molecule has 1 fully saturated rings. The van der Waals surface area contributed by atoms with Crippen molar-refractivity contribution in [3.63, 3.8) is 0 Å². The van der Waals surface area contributed by atoms with Crippen LogP contribution in [0.1, 0.15) is 42.0 Å². The van der Waals surface area contributed by atoms with Gasteiger partial charge in [0.05, 0.1) is 11.4 Å². The average Bonchev–Trinajstić information content (AvgIpc) is 3.56. The third-order valence-electron chi connectivity index (χ3n) is 8.88. The van der Waals surface area contributed by atoms with Gasteiger partial charge in [-0.15, -0.1) is 6.42 Å². The number of terminal acetylenes is 1. The molecule has 3 aliphatic heterocycles. The Balaban J connectivity index is 1.51. The van der Waals surface area contributed by atoms with Gasteiger partial charge in [-0.2, -0.15) is 0 Å².